The molecule has 31 heavy (non-hydrogen) atoms. The van der Waals surface area contributed by atoms with Gasteiger partial charge in [0.25, 0.3) is 5.91 Å². The molecule has 0 saturated carbocycles. The molecule has 0 bridgehead atoms. The Kier molecular flexibility index (Phi) is 7.23. The van der Waals surface area contributed by atoms with E-state index in [0.29, 0.717) is 37.2 Å². The summed E-state index contributed by atoms with van der Waals surface area (Å²) in [6.07, 6.45) is 0.934. The Bertz CT molecular complexity index is 929. The lowest BCUT2D eigenvalue weighted by Gasteiger charge is -2.35. The zero-order chi connectivity index (χ0) is 22.4. The number of hydrogen-bond donors (Lipinski definition) is 1. The van der Waals surface area contributed by atoms with Crippen LogP contribution < -0.4 is 10.5 Å². The van der Waals surface area contributed by atoms with Crippen LogP contribution in [0.2, 0.25) is 0 Å². The molecule has 0 radical (unpaired) electrons. The Balaban J connectivity index is 1.56. The third kappa shape index (κ3) is 5.59. The Morgan fingerprint density at radius 1 is 1.13 bits per heavy atom. The Labute approximate surface area is 180 Å². The van der Waals surface area contributed by atoms with E-state index in [1.807, 2.05) is 18.2 Å². The van der Waals surface area contributed by atoms with Gasteiger partial charge in [-0.25, -0.2) is 4.39 Å². The number of primary amides is 1. The summed E-state index contributed by atoms with van der Waals surface area (Å²) in [5.74, 6) is -1.35. The van der Waals surface area contributed by atoms with Crippen molar-refractivity contribution < 1.29 is 23.5 Å². The number of rotatable bonds is 7. The second kappa shape index (κ2) is 10.1. The second-order valence-corrected chi connectivity index (χ2v) is 7.57. The van der Waals surface area contributed by atoms with E-state index in [1.54, 1.807) is 23.1 Å². The van der Waals surface area contributed by atoms with Crippen molar-refractivity contribution in [3.05, 3.63) is 66.0 Å². The number of para-hydroxylation sites is 1. The van der Waals surface area contributed by atoms with E-state index >= 15 is 0 Å². The number of piperidine rings is 1. The van der Waals surface area contributed by atoms with Crippen LogP contribution in [0.25, 0.3) is 0 Å². The SMILES string of the molecule is CN(C(=O)C1CCN(C(=O)COc2ccccc2)CC1)C(C(N)=O)c1cccc(F)c1. The minimum atomic E-state index is -1.05. The van der Waals surface area contributed by atoms with Crippen molar-refractivity contribution >= 4 is 17.7 Å². The quantitative estimate of drug-likeness (QED) is 0.733. The molecule has 2 aromatic carbocycles. The number of hydrogen-bond acceptors (Lipinski definition) is 4. The van der Waals surface area contributed by atoms with Gasteiger partial charge in [-0.05, 0) is 42.7 Å². The third-order valence-electron chi connectivity index (χ3n) is 5.47. The number of nitrogens with zero attached hydrogens (tertiary/aromatic N) is 2. The van der Waals surface area contributed by atoms with Crippen molar-refractivity contribution in [2.24, 2.45) is 11.7 Å². The maximum atomic E-state index is 13.6. The molecule has 1 aliphatic heterocycles. The number of amides is 3. The molecule has 2 aromatic rings. The van der Waals surface area contributed by atoms with Crippen molar-refractivity contribution in [2.75, 3.05) is 26.7 Å². The largest absolute Gasteiger partial charge is 0.484 e. The summed E-state index contributed by atoms with van der Waals surface area (Å²) in [5.41, 5.74) is 5.84. The molecule has 1 heterocycles. The lowest BCUT2D eigenvalue weighted by Crippen LogP contribution is -2.47. The fourth-order valence-electron chi connectivity index (χ4n) is 3.80. The van der Waals surface area contributed by atoms with Gasteiger partial charge in [0.05, 0.1) is 0 Å². The summed E-state index contributed by atoms with van der Waals surface area (Å²) >= 11 is 0. The second-order valence-electron chi connectivity index (χ2n) is 7.57. The van der Waals surface area contributed by atoms with E-state index in [2.05, 4.69) is 0 Å². The van der Waals surface area contributed by atoms with Gasteiger partial charge in [-0.1, -0.05) is 30.3 Å². The van der Waals surface area contributed by atoms with Crippen LogP contribution in [0.5, 0.6) is 5.75 Å². The maximum Gasteiger partial charge on any atom is 0.260 e. The molecular weight excluding hydrogens is 401 g/mol. The molecule has 1 fully saturated rings. The Morgan fingerprint density at radius 3 is 2.42 bits per heavy atom. The van der Waals surface area contributed by atoms with Crippen LogP contribution >= 0.6 is 0 Å². The van der Waals surface area contributed by atoms with Gasteiger partial charge in [0, 0.05) is 26.1 Å². The minimum Gasteiger partial charge on any atom is -0.484 e. The minimum absolute atomic E-state index is 0.0636. The topological polar surface area (TPSA) is 92.9 Å². The van der Waals surface area contributed by atoms with Gasteiger partial charge in [0.1, 0.15) is 17.6 Å². The highest BCUT2D eigenvalue weighted by Crippen LogP contribution is 2.26. The molecule has 3 rings (SSSR count). The van der Waals surface area contributed by atoms with E-state index in [1.165, 1.54) is 30.1 Å². The number of ether oxygens (including phenoxy) is 1. The number of likely N-dealkylation sites (N-methyl/N-ethyl adjacent to an activating group) is 1. The fourth-order valence-corrected chi connectivity index (χ4v) is 3.80. The Hall–Kier alpha value is -3.42. The van der Waals surface area contributed by atoms with E-state index < -0.39 is 17.8 Å². The van der Waals surface area contributed by atoms with Crippen molar-refractivity contribution in [3.8, 4) is 5.75 Å². The van der Waals surface area contributed by atoms with Gasteiger partial charge in [0.2, 0.25) is 11.8 Å². The summed E-state index contributed by atoms with van der Waals surface area (Å²) in [5, 5.41) is 0. The zero-order valence-corrected chi connectivity index (χ0v) is 17.4. The first-order valence-corrected chi connectivity index (χ1v) is 10.1. The molecule has 0 aromatic heterocycles. The van der Waals surface area contributed by atoms with E-state index in [-0.39, 0.29) is 24.3 Å². The van der Waals surface area contributed by atoms with E-state index in [0.717, 1.165) is 0 Å². The normalized spacial score (nSPS) is 15.2. The monoisotopic (exact) mass is 427 g/mol. The van der Waals surface area contributed by atoms with Gasteiger partial charge in [-0.15, -0.1) is 0 Å². The van der Waals surface area contributed by atoms with E-state index in [9.17, 15) is 18.8 Å². The van der Waals surface area contributed by atoms with Gasteiger partial charge in [0.15, 0.2) is 6.61 Å². The Morgan fingerprint density at radius 2 is 1.81 bits per heavy atom. The summed E-state index contributed by atoms with van der Waals surface area (Å²) in [6.45, 7) is 0.775. The molecule has 0 spiro atoms. The van der Waals surface area contributed by atoms with Crippen LogP contribution in [0.15, 0.2) is 54.6 Å². The van der Waals surface area contributed by atoms with Gasteiger partial charge in [-0.2, -0.15) is 0 Å². The first-order chi connectivity index (χ1) is 14.9. The molecular formula is C23H26FN3O4. The molecule has 8 heteroatoms. The van der Waals surface area contributed by atoms with Gasteiger partial charge < -0.3 is 20.3 Å². The molecule has 0 aliphatic carbocycles. The third-order valence-corrected chi connectivity index (χ3v) is 5.47. The number of likely N-dealkylation sites (tertiary alicyclic amines) is 1. The zero-order valence-electron chi connectivity index (χ0n) is 17.4. The molecule has 1 atom stereocenters. The van der Waals surface area contributed by atoms with Crippen LogP contribution in [-0.4, -0.2) is 54.3 Å². The van der Waals surface area contributed by atoms with Crippen molar-refractivity contribution in [1.29, 1.82) is 0 Å². The first kappa shape index (κ1) is 22.3. The molecule has 1 aliphatic rings. The van der Waals surface area contributed by atoms with Crippen LogP contribution in [0.4, 0.5) is 4.39 Å². The van der Waals surface area contributed by atoms with Crippen LogP contribution in [-0.2, 0) is 14.4 Å². The lowest BCUT2D eigenvalue weighted by atomic mass is 9.94. The average molecular weight is 427 g/mol. The van der Waals surface area contributed by atoms with Gasteiger partial charge >= 0.3 is 0 Å². The van der Waals surface area contributed by atoms with Crippen molar-refractivity contribution in [1.82, 2.24) is 9.80 Å². The molecule has 7 nitrogen and oxygen atoms in total. The number of halogens is 1. The summed E-state index contributed by atoms with van der Waals surface area (Å²) in [4.78, 5) is 40.3. The molecule has 1 saturated heterocycles. The summed E-state index contributed by atoms with van der Waals surface area (Å²) in [6, 6.07) is 13.5. The predicted octanol–water partition coefficient (Wildman–Crippen LogP) is 2.13. The van der Waals surface area contributed by atoms with Crippen LogP contribution in [0.1, 0.15) is 24.4 Å². The molecule has 3 amide bonds. The standard InChI is InChI=1S/C23H26FN3O4/c1-26(21(22(25)29)17-6-5-7-18(24)14-17)23(30)16-10-12-27(13-11-16)20(28)15-31-19-8-3-2-4-9-19/h2-9,14,16,21H,10-13,15H2,1H3,(H2,25,29). The molecule has 2 N–H and O–H groups in total. The van der Waals surface area contributed by atoms with Crippen molar-refractivity contribution in [2.45, 2.75) is 18.9 Å². The molecule has 1 unspecified atom stereocenters. The first-order valence-electron chi connectivity index (χ1n) is 10.1. The number of nitrogens with two attached hydrogens (primary N) is 1. The van der Waals surface area contributed by atoms with Gasteiger partial charge in [-0.3, -0.25) is 14.4 Å². The summed E-state index contributed by atoms with van der Waals surface area (Å²) < 4.78 is 19.1. The lowest BCUT2D eigenvalue weighted by molar-refractivity contribution is -0.144. The maximum absolute atomic E-state index is 13.6. The number of carbonyl (C=O) groups excluding carboxylic acids is 3. The fraction of sp³-hybridized carbons (Fsp3) is 0.348. The van der Waals surface area contributed by atoms with Crippen molar-refractivity contribution in [3.63, 3.8) is 0 Å². The molecule has 164 valence electrons. The summed E-state index contributed by atoms with van der Waals surface area (Å²) in [7, 11) is 1.49. The number of carbonyl (C=O) groups is 3. The highest BCUT2D eigenvalue weighted by molar-refractivity contribution is 5.88. The highest BCUT2D eigenvalue weighted by Gasteiger charge is 2.34. The van der Waals surface area contributed by atoms with Crippen LogP contribution in [0.3, 0.4) is 0 Å². The number of benzene rings is 2. The average Bonchev–Trinajstić information content (AvgIpc) is 2.77. The smallest absolute Gasteiger partial charge is 0.260 e. The van der Waals surface area contributed by atoms with E-state index in [4.69, 9.17) is 10.5 Å². The predicted molar refractivity (Wildman–Crippen MR) is 112 cm³/mol. The van der Waals surface area contributed by atoms with Crippen LogP contribution in [0, 0.1) is 11.7 Å². The highest BCUT2D eigenvalue weighted by atomic mass is 19.1.